The molecule has 10 heteroatoms. The third-order valence-corrected chi connectivity index (χ3v) is 10.2. The molecule has 5 rings (SSSR count). The van der Waals surface area contributed by atoms with Crippen LogP contribution < -0.4 is 0 Å². The first-order valence-electron chi connectivity index (χ1n) is 9.38. The summed E-state index contributed by atoms with van der Waals surface area (Å²) in [7, 11) is -9.03. The van der Waals surface area contributed by atoms with Crippen molar-refractivity contribution in [3.8, 4) is 0 Å². The molecule has 1 unspecified atom stereocenters. The Morgan fingerprint density at radius 2 is 1.50 bits per heavy atom. The van der Waals surface area contributed by atoms with E-state index in [1.807, 2.05) is 0 Å². The molecule has 0 amide bonds. The van der Waals surface area contributed by atoms with Gasteiger partial charge in [0.15, 0.2) is 5.90 Å². The predicted octanol–water partition coefficient (Wildman–Crippen LogP) is 2.06. The lowest BCUT2D eigenvalue weighted by atomic mass is 9.48. The van der Waals surface area contributed by atoms with Gasteiger partial charge in [0, 0.05) is 6.42 Å². The second-order valence-corrected chi connectivity index (χ2v) is 13.0. The molecule has 4 atom stereocenters. The predicted molar refractivity (Wildman–Crippen MR) is 92.6 cm³/mol. The summed E-state index contributed by atoms with van der Waals surface area (Å²) in [6.07, 6.45) is 6.05. The number of aliphatic hydroxyl groups is 1. The van der Waals surface area contributed by atoms with Crippen molar-refractivity contribution in [2.24, 2.45) is 23.2 Å². The molecule has 0 spiro atoms. The van der Waals surface area contributed by atoms with Crippen LogP contribution in [0.25, 0.3) is 0 Å². The van der Waals surface area contributed by atoms with Gasteiger partial charge in [0.2, 0.25) is 0 Å². The maximum atomic E-state index is 11.8. The summed E-state index contributed by atoms with van der Waals surface area (Å²) in [4.78, 5) is 27.3. The zero-order valence-corrected chi connectivity index (χ0v) is 16.4. The molecule has 5 fully saturated rings. The first-order valence-corrected chi connectivity index (χ1v) is 12.9. The first kappa shape index (κ1) is 19.5. The van der Waals surface area contributed by atoms with E-state index in [4.69, 9.17) is 19.0 Å². The summed E-state index contributed by atoms with van der Waals surface area (Å²) >= 11 is 0. The van der Waals surface area contributed by atoms with Gasteiger partial charge in [-0.2, -0.15) is 0 Å². The Kier molecular flexibility index (Phi) is 4.98. The average molecular weight is 410 g/mol. The van der Waals surface area contributed by atoms with E-state index in [0.29, 0.717) is 6.42 Å². The monoisotopic (exact) mass is 410 g/mol. The fraction of sp³-hybridized carbons (Fsp3) is 1.00. The van der Waals surface area contributed by atoms with Crippen LogP contribution in [0.3, 0.4) is 0 Å². The van der Waals surface area contributed by atoms with Crippen LogP contribution in [0, 0.1) is 23.2 Å². The highest BCUT2D eigenvalue weighted by atomic mass is 31.2. The summed E-state index contributed by atoms with van der Waals surface area (Å²) < 4.78 is 33.7. The summed E-state index contributed by atoms with van der Waals surface area (Å²) in [6, 6.07) is 0. The van der Waals surface area contributed by atoms with Crippen molar-refractivity contribution < 1.29 is 38.2 Å². The molecule has 0 radical (unpaired) electrons. The van der Waals surface area contributed by atoms with Crippen LogP contribution in [-0.2, 0) is 18.4 Å². The molecule has 1 heterocycles. The summed E-state index contributed by atoms with van der Waals surface area (Å²) in [5.74, 6) is 0.989. The minimum absolute atomic E-state index is 0.0116. The van der Waals surface area contributed by atoms with E-state index in [9.17, 15) is 19.1 Å². The minimum atomic E-state index is -4.64. The van der Waals surface area contributed by atoms with Crippen molar-refractivity contribution >= 4 is 15.2 Å². The van der Waals surface area contributed by atoms with Crippen molar-refractivity contribution in [1.29, 1.82) is 0 Å². The Hall–Kier alpha value is 0.220. The van der Waals surface area contributed by atoms with Gasteiger partial charge in [-0.1, -0.05) is 0 Å². The third-order valence-electron chi connectivity index (χ3n) is 6.71. The second kappa shape index (κ2) is 6.64. The lowest BCUT2D eigenvalue weighted by Gasteiger charge is -2.59. The molecule has 4 N–H and O–H groups in total. The van der Waals surface area contributed by atoms with Crippen LogP contribution in [-0.4, -0.2) is 50.6 Å². The van der Waals surface area contributed by atoms with Crippen LogP contribution in [0.2, 0.25) is 0 Å². The Bertz CT molecular complexity index is 611. The molecule has 1 saturated heterocycles. The molecule has 0 aromatic heterocycles. The molecule has 5 aliphatic rings. The highest BCUT2D eigenvalue weighted by molar-refractivity contribution is 7.70. The van der Waals surface area contributed by atoms with Gasteiger partial charge in [0.05, 0.1) is 24.9 Å². The number of ether oxygens (including phenoxy) is 1. The SMILES string of the molecule is O=P(O)(O)CP(=O)(O)OC[C@H]1C[C@H](O)[C@@H](C23CC4CC(CC(C4)C2)C3)O1. The summed E-state index contributed by atoms with van der Waals surface area (Å²) in [6.45, 7) is -0.242. The van der Waals surface area contributed by atoms with E-state index in [1.165, 1.54) is 19.3 Å². The van der Waals surface area contributed by atoms with Gasteiger partial charge in [-0.3, -0.25) is 9.13 Å². The quantitative estimate of drug-likeness (QED) is 0.489. The van der Waals surface area contributed by atoms with Crippen molar-refractivity contribution in [3.63, 3.8) is 0 Å². The van der Waals surface area contributed by atoms with Gasteiger partial charge in [-0.15, -0.1) is 0 Å². The largest absolute Gasteiger partial charge is 0.390 e. The van der Waals surface area contributed by atoms with Gasteiger partial charge in [0.1, 0.15) is 0 Å². The van der Waals surface area contributed by atoms with Crippen LogP contribution in [0.15, 0.2) is 0 Å². The third kappa shape index (κ3) is 3.99. The van der Waals surface area contributed by atoms with Crippen LogP contribution in [0.4, 0.5) is 0 Å². The minimum Gasteiger partial charge on any atom is -0.390 e. The van der Waals surface area contributed by atoms with E-state index in [-0.39, 0.29) is 18.1 Å². The van der Waals surface area contributed by atoms with Crippen LogP contribution >= 0.6 is 15.2 Å². The zero-order chi connectivity index (χ0) is 18.7. The molecule has 4 bridgehead atoms. The molecule has 26 heavy (non-hydrogen) atoms. The zero-order valence-electron chi connectivity index (χ0n) is 14.6. The molecule has 0 aromatic carbocycles. The number of aliphatic hydroxyl groups excluding tert-OH is 1. The lowest BCUT2D eigenvalue weighted by Crippen LogP contribution is -2.54. The Balaban J connectivity index is 1.38. The van der Waals surface area contributed by atoms with Gasteiger partial charge < -0.3 is 29.0 Å². The van der Waals surface area contributed by atoms with E-state index in [0.717, 1.165) is 37.0 Å². The summed E-state index contributed by atoms with van der Waals surface area (Å²) in [5.41, 5.74) is 0.0116. The summed E-state index contributed by atoms with van der Waals surface area (Å²) in [5, 5.41) is 10.6. The van der Waals surface area contributed by atoms with Crippen molar-refractivity contribution in [1.82, 2.24) is 0 Å². The second-order valence-electron chi connectivity index (χ2n) is 9.00. The lowest BCUT2D eigenvalue weighted by molar-refractivity contribution is -0.158. The average Bonchev–Trinajstić information content (AvgIpc) is 2.83. The van der Waals surface area contributed by atoms with Crippen molar-refractivity contribution in [3.05, 3.63) is 0 Å². The molecule has 4 saturated carbocycles. The van der Waals surface area contributed by atoms with E-state index < -0.39 is 33.3 Å². The first-order chi connectivity index (χ1) is 12.0. The van der Waals surface area contributed by atoms with Crippen LogP contribution in [0.5, 0.6) is 0 Å². The number of hydrogen-bond acceptors (Lipinski definition) is 5. The van der Waals surface area contributed by atoms with E-state index in [1.54, 1.807) is 0 Å². The molecule has 0 aromatic rings. The van der Waals surface area contributed by atoms with Crippen molar-refractivity contribution in [2.75, 3.05) is 12.5 Å². The number of rotatable bonds is 6. The normalized spacial score (nSPS) is 47.2. The Labute approximate surface area is 153 Å². The van der Waals surface area contributed by atoms with Crippen molar-refractivity contribution in [2.45, 2.75) is 63.3 Å². The Morgan fingerprint density at radius 3 is 2.00 bits per heavy atom. The molecule has 4 aliphatic carbocycles. The van der Waals surface area contributed by atoms with Gasteiger partial charge in [-0.05, 0) is 61.7 Å². The highest BCUT2D eigenvalue weighted by Crippen LogP contribution is 2.63. The van der Waals surface area contributed by atoms with E-state index in [2.05, 4.69) is 0 Å². The highest BCUT2D eigenvalue weighted by Gasteiger charge is 2.58. The van der Waals surface area contributed by atoms with Gasteiger partial charge in [0.25, 0.3) is 0 Å². The molecular formula is C16H28O8P2. The fourth-order valence-corrected chi connectivity index (χ4v) is 8.99. The van der Waals surface area contributed by atoms with Gasteiger partial charge >= 0.3 is 15.2 Å². The fourth-order valence-electron chi connectivity index (χ4n) is 6.41. The molecule has 1 aliphatic heterocycles. The number of hydrogen-bond donors (Lipinski definition) is 4. The Morgan fingerprint density at radius 1 is 0.962 bits per heavy atom. The maximum absolute atomic E-state index is 11.8. The molecular weight excluding hydrogens is 382 g/mol. The topological polar surface area (TPSA) is 134 Å². The molecule has 8 nitrogen and oxygen atoms in total. The van der Waals surface area contributed by atoms with Gasteiger partial charge in [-0.25, -0.2) is 0 Å². The maximum Gasteiger partial charge on any atom is 0.340 e. The molecule has 150 valence electrons. The van der Waals surface area contributed by atoms with Crippen LogP contribution in [0.1, 0.15) is 44.9 Å². The van der Waals surface area contributed by atoms with E-state index >= 15 is 0 Å². The smallest absolute Gasteiger partial charge is 0.340 e. The standard InChI is InChI=1S/C16H28O8P2/c17-14-4-13(8-23-26(21,22)9-25(18,19)20)24-15(14)16-5-10-1-11(6-16)3-12(2-10)7-16/h10-15,17H,1-9H2,(H,21,22)(H2,18,19,20)/t10?,11?,12?,13-,14+,15+,16?/m1/s1.